The molecule has 2 aromatic heterocycles. The molecule has 0 unspecified atom stereocenters. The highest BCUT2D eigenvalue weighted by Gasteiger charge is 2.15. The standard InChI is InChI=1S/C24H27N7OS/c1-16(2)20-9-7-19(8-10-20)14-30-22(11-12-25-30)26-23(32)15-33-24-27-28-29-31(24)21-13-17(3)5-6-18(21)4/h5-13,16H,14-15H2,1-4H3,(H,26,32). The van der Waals surface area contributed by atoms with Gasteiger partial charge in [0.05, 0.1) is 24.2 Å². The van der Waals surface area contributed by atoms with Crippen molar-refractivity contribution < 1.29 is 4.79 Å². The summed E-state index contributed by atoms with van der Waals surface area (Å²) in [7, 11) is 0. The zero-order valence-corrected chi connectivity index (χ0v) is 20.0. The van der Waals surface area contributed by atoms with Crippen LogP contribution in [0.5, 0.6) is 0 Å². The van der Waals surface area contributed by atoms with E-state index in [2.05, 4.69) is 64.1 Å². The lowest BCUT2D eigenvalue weighted by molar-refractivity contribution is -0.113. The Hall–Kier alpha value is -3.46. The highest BCUT2D eigenvalue weighted by atomic mass is 32.2. The molecule has 0 atom stereocenters. The maximum absolute atomic E-state index is 12.6. The Kier molecular flexibility index (Phi) is 6.88. The van der Waals surface area contributed by atoms with Gasteiger partial charge in [0.1, 0.15) is 5.82 Å². The van der Waals surface area contributed by atoms with Gasteiger partial charge in [0, 0.05) is 6.07 Å². The molecule has 4 rings (SSSR count). The first-order chi connectivity index (χ1) is 15.9. The van der Waals surface area contributed by atoms with Gasteiger partial charge in [-0.25, -0.2) is 4.68 Å². The van der Waals surface area contributed by atoms with Crippen LogP contribution in [0, 0.1) is 13.8 Å². The summed E-state index contributed by atoms with van der Waals surface area (Å²) in [5.74, 6) is 1.18. The number of thioether (sulfide) groups is 1. The summed E-state index contributed by atoms with van der Waals surface area (Å²) >= 11 is 1.29. The van der Waals surface area contributed by atoms with Crippen LogP contribution in [0.15, 0.2) is 59.9 Å². The van der Waals surface area contributed by atoms with Crippen LogP contribution in [0.4, 0.5) is 5.82 Å². The molecule has 0 aliphatic rings. The predicted octanol–water partition coefficient (Wildman–Crippen LogP) is 4.38. The smallest absolute Gasteiger partial charge is 0.235 e. The van der Waals surface area contributed by atoms with Gasteiger partial charge in [0.15, 0.2) is 0 Å². The van der Waals surface area contributed by atoms with Crippen LogP contribution < -0.4 is 5.32 Å². The molecule has 0 aliphatic heterocycles. The Bertz CT molecular complexity index is 1240. The molecule has 0 bridgehead atoms. The minimum Gasteiger partial charge on any atom is -0.310 e. The summed E-state index contributed by atoms with van der Waals surface area (Å²) in [6.07, 6.45) is 1.69. The van der Waals surface area contributed by atoms with Crippen molar-refractivity contribution in [2.75, 3.05) is 11.1 Å². The third kappa shape index (κ3) is 5.48. The molecule has 1 amide bonds. The quantitative estimate of drug-likeness (QED) is 0.392. The molecule has 0 aliphatic carbocycles. The Balaban J connectivity index is 1.39. The summed E-state index contributed by atoms with van der Waals surface area (Å²) in [4.78, 5) is 12.6. The van der Waals surface area contributed by atoms with Crippen molar-refractivity contribution in [3.63, 3.8) is 0 Å². The minimum atomic E-state index is -0.146. The highest BCUT2D eigenvalue weighted by Crippen LogP contribution is 2.22. The van der Waals surface area contributed by atoms with Crippen LogP contribution in [-0.4, -0.2) is 41.6 Å². The number of aromatic nitrogens is 6. The first kappa shape index (κ1) is 22.7. The van der Waals surface area contributed by atoms with E-state index in [-0.39, 0.29) is 11.7 Å². The van der Waals surface area contributed by atoms with Gasteiger partial charge in [0.25, 0.3) is 0 Å². The maximum Gasteiger partial charge on any atom is 0.235 e. The van der Waals surface area contributed by atoms with E-state index >= 15 is 0 Å². The van der Waals surface area contributed by atoms with Gasteiger partial charge in [-0.3, -0.25) is 4.79 Å². The van der Waals surface area contributed by atoms with E-state index in [1.165, 1.54) is 17.3 Å². The van der Waals surface area contributed by atoms with Crippen LogP contribution >= 0.6 is 11.8 Å². The molecule has 0 fully saturated rings. The van der Waals surface area contributed by atoms with Crippen molar-refractivity contribution in [3.8, 4) is 5.69 Å². The van der Waals surface area contributed by atoms with E-state index < -0.39 is 0 Å². The summed E-state index contributed by atoms with van der Waals surface area (Å²) in [6, 6.07) is 16.4. The molecule has 170 valence electrons. The summed E-state index contributed by atoms with van der Waals surface area (Å²) in [5.41, 5.74) is 5.51. The molecule has 8 nitrogen and oxygen atoms in total. The number of aryl methyl sites for hydroxylation is 2. The molecule has 9 heteroatoms. The molecule has 0 radical (unpaired) electrons. The number of nitrogens with zero attached hydrogens (tertiary/aromatic N) is 6. The number of nitrogens with one attached hydrogen (secondary N) is 1. The SMILES string of the molecule is Cc1ccc(C)c(-n2nnnc2SCC(=O)Nc2ccnn2Cc2ccc(C(C)C)cc2)c1. The molecule has 2 aromatic carbocycles. The fourth-order valence-electron chi connectivity index (χ4n) is 3.42. The lowest BCUT2D eigenvalue weighted by atomic mass is 10.0. The number of rotatable bonds is 8. The van der Waals surface area contributed by atoms with Gasteiger partial charge >= 0.3 is 0 Å². The second-order valence-corrected chi connectivity index (χ2v) is 9.21. The van der Waals surface area contributed by atoms with E-state index in [1.54, 1.807) is 21.6 Å². The van der Waals surface area contributed by atoms with E-state index in [1.807, 2.05) is 32.0 Å². The van der Waals surface area contributed by atoms with Crippen molar-refractivity contribution in [2.45, 2.75) is 45.3 Å². The van der Waals surface area contributed by atoms with Crippen LogP contribution in [0.2, 0.25) is 0 Å². The van der Waals surface area contributed by atoms with Crippen LogP contribution in [-0.2, 0) is 11.3 Å². The van der Waals surface area contributed by atoms with E-state index in [9.17, 15) is 4.79 Å². The second kappa shape index (κ2) is 9.99. The number of anilines is 1. The van der Waals surface area contributed by atoms with Gasteiger partial charge in [0.2, 0.25) is 11.1 Å². The molecular weight excluding hydrogens is 434 g/mol. The Morgan fingerprint density at radius 1 is 1.09 bits per heavy atom. The number of tetrazole rings is 1. The first-order valence-corrected chi connectivity index (χ1v) is 11.8. The summed E-state index contributed by atoms with van der Waals surface area (Å²) in [6.45, 7) is 8.97. The third-order valence-electron chi connectivity index (χ3n) is 5.33. The fourth-order valence-corrected chi connectivity index (χ4v) is 4.11. The van der Waals surface area contributed by atoms with Gasteiger partial charge in [-0.05, 0) is 58.5 Å². The van der Waals surface area contributed by atoms with E-state index in [0.717, 1.165) is 22.4 Å². The fraction of sp³-hybridized carbons (Fsp3) is 0.292. The molecule has 0 saturated carbocycles. The summed E-state index contributed by atoms with van der Waals surface area (Å²) < 4.78 is 3.46. The number of amides is 1. The Labute approximate surface area is 197 Å². The number of hydrogen-bond acceptors (Lipinski definition) is 6. The molecule has 2 heterocycles. The Morgan fingerprint density at radius 3 is 2.64 bits per heavy atom. The number of carbonyl (C=O) groups excluding carboxylic acids is 1. The lowest BCUT2D eigenvalue weighted by Gasteiger charge is -2.11. The zero-order chi connectivity index (χ0) is 23.4. The highest BCUT2D eigenvalue weighted by molar-refractivity contribution is 7.99. The Morgan fingerprint density at radius 2 is 1.88 bits per heavy atom. The second-order valence-electron chi connectivity index (χ2n) is 8.27. The average molecular weight is 462 g/mol. The molecule has 0 saturated heterocycles. The average Bonchev–Trinajstić information content (AvgIpc) is 3.44. The lowest BCUT2D eigenvalue weighted by Crippen LogP contribution is -2.18. The number of benzene rings is 2. The molecule has 4 aromatic rings. The molecule has 1 N–H and O–H groups in total. The minimum absolute atomic E-state index is 0.146. The largest absolute Gasteiger partial charge is 0.310 e. The molecule has 33 heavy (non-hydrogen) atoms. The summed E-state index contributed by atoms with van der Waals surface area (Å²) in [5, 5.41) is 19.9. The third-order valence-corrected chi connectivity index (χ3v) is 6.25. The van der Waals surface area contributed by atoms with Crippen molar-refractivity contribution in [3.05, 3.63) is 77.0 Å². The molecular formula is C24H27N7OS. The monoisotopic (exact) mass is 461 g/mol. The van der Waals surface area contributed by atoms with Crippen LogP contribution in [0.25, 0.3) is 5.69 Å². The van der Waals surface area contributed by atoms with Gasteiger partial charge < -0.3 is 5.32 Å². The zero-order valence-electron chi connectivity index (χ0n) is 19.2. The van der Waals surface area contributed by atoms with Gasteiger partial charge in [-0.2, -0.15) is 9.78 Å². The van der Waals surface area contributed by atoms with Gasteiger partial charge in [-0.15, -0.1) is 5.10 Å². The maximum atomic E-state index is 12.6. The van der Waals surface area contributed by atoms with Crippen molar-refractivity contribution in [2.24, 2.45) is 0 Å². The van der Waals surface area contributed by atoms with E-state index in [0.29, 0.717) is 23.4 Å². The van der Waals surface area contributed by atoms with E-state index in [4.69, 9.17) is 0 Å². The van der Waals surface area contributed by atoms with Crippen LogP contribution in [0.1, 0.15) is 42.0 Å². The topological polar surface area (TPSA) is 90.5 Å². The normalized spacial score (nSPS) is 11.2. The van der Waals surface area contributed by atoms with Crippen molar-refractivity contribution in [1.82, 2.24) is 30.0 Å². The number of carbonyl (C=O) groups is 1. The molecule has 0 spiro atoms. The predicted molar refractivity (Wildman–Crippen MR) is 130 cm³/mol. The van der Waals surface area contributed by atoms with Gasteiger partial charge in [-0.1, -0.05) is 62.0 Å². The van der Waals surface area contributed by atoms with Crippen LogP contribution in [0.3, 0.4) is 0 Å². The van der Waals surface area contributed by atoms with Crippen molar-refractivity contribution >= 4 is 23.5 Å². The number of hydrogen-bond donors (Lipinski definition) is 1. The van der Waals surface area contributed by atoms with Crippen molar-refractivity contribution in [1.29, 1.82) is 0 Å². The first-order valence-electron chi connectivity index (χ1n) is 10.8.